The van der Waals surface area contributed by atoms with Gasteiger partial charge in [0.15, 0.2) is 0 Å². The van der Waals surface area contributed by atoms with Crippen LogP contribution in [0, 0.1) is 17.0 Å². The first-order chi connectivity index (χ1) is 18.3. The van der Waals surface area contributed by atoms with Crippen LogP contribution in [0.25, 0.3) is 0 Å². The molecule has 3 aromatic rings. The van der Waals surface area contributed by atoms with Crippen molar-refractivity contribution < 1.29 is 33.3 Å². The third-order valence-electron chi connectivity index (χ3n) is 6.88. The van der Waals surface area contributed by atoms with E-state index in [1.807, 2.05) is 54.6 Å². The highest BCUT2D eigenvalue weighted by Gasteiger charge is 2.41. The summed E-state index contributed by atoms with van der Waals surface area (Å²) in [5.41, 5.74) is 2.23. The molecule has 6 nitrogen and oxygen atoms in total. The molecule has 1 saturated heterocycles. The van der Waals surface area contributed by atoms with E-state index < -0.39 is 11.9 Å². The number of rotatable bonds is 9. The van der Waals surface area contributed by atoms with E-state index in [2.05, 4.69) is 5.32 Å². The monoisotopic (exact) mass is 525 g/mol. The average molecular weight is 526 g/mol. The number of ether oxygens (including phenoxy) is 1. The zero-order valence-corrected chi connectivity index (χ0v) is 21.1. The van der Waals surface area contributed by atoms with Crippen molar-refractivity contribution in [3.05, 3.63) is 102 Å². The van der Waals surface area contributed by atoms with Gasteiger partial charge in [0.2, 0.25) is 0 Å². The van der Waals surface area contributed by atoms with Crippen LogP contribution in [0.5, 0.6) is 5.75 Å². The lowest BCUT2D eigenvalue weighted by Crippen LogP contribution is -2.41. The summed E-state index contributed by atoms with van der Waals surface area (Å²) < 4.78 is 33.3. The Bertz CT molecular complexity index is 1090. The van der Waals surface area contributed by atoms with Gasteiger partial charge in [-0.15, -0.1) is 0 Å². The molecule has 1 fully saturated rings. The Hall–Kier alpha value is -3.78. The number of para-hydroxylation sites is 1. The molecular formula is C30H33F2NO5. The molecule has 0 amide bonds. The number of aliphatic carboxylic acids is 2. The van der Waals surface area contributed by atoms with Crippen molar-refractivity contribution in [2.24, 2.45) is 5.41 Å². The van der Waals surface area contributed by atoms with Crippen LogP contribution in [0.1, 0.15) is 49.1 Å². The zero-order valence-electron chi connectivity index (χ0n) is 21.1. The maximum Gasteiger partial charge on any atom is 0.414 e. The Balaban J connectivity index is 0.000000599. The molecule has 8 heteroatoms. The van der Waals surface area contributed by atoms with Gasteiger partial charge in [-0.1, -0.05) is 42.5 Å². The number of carboxylic acid groups (broad SMARTS) is 2. The zero-order chi connectivity index (χ0) is 27.4. The number of halogens is 2. The molecule has 3 aromatic carbocycles. The van der Waals surface area contributed by atoms with Gasteiger partial charge in [-0.25, -0.2) is 18.4 Å². The molecular weight excluding hydrogens is 492 g/mol. The van der Waals surface area contributed by atoms with Crippen LogP contribution in [0.3, 0.4) is 0 Å². The summed E-state index contributed by atoms with van der Waals surface area (Å²) in [7, 11) is 0. The highest BCUT2D eigenvalue weighted by atomic mass is 19.1. The van der Waals surface area contributed by atoms with E-state index in [-0.39, 0.29) is 23.0 Å². The SMILES string of the molecule is Fc1ccc(C(c2ccc(F)cc2)C2(CCCCOc3ccccc3)CCNCC2)cc1.O=C(O)C(=O)O. The fraction of sp³-hybridized carbons (Fsp3) is 0.333. The first-order valence-corrected chi connectivity index (χ1v) is 12.7. The van der Waals surface area contributed by atoms with Crippen LogP contribution in [0.15, 0.2) is 78.9 Å². The number of hydrogen-bond donors (Lipinski definition) is 3. The summed E-state index contributed by atoms with van der Waals surface area (Å²) >= 11 is 0. The van der Waals surface area contributed by atoms with Gasteiger partial charge in [0.25, 0.3) is 0 Å². The number of benzene rings is 3. The normalized spacial score (nSPS) is 14.3. The highest BCUT2D eigenvalue weighted by molar-refractivity contribution is 6.27. The maximum absolute atomic E-state index is 13.7. The third kappa shape index (κ3) is 8.38. The standard InChI is InChI=1S/C28H31F2NO.C2H2O4/c29-24-12-8-22(9-13-24)27(23-10-14-25(30)15-11-23)28(17-19-31-20-18-28)16-4-5-21-32-26-6-2-1-3-7-26;3-1(4)2(5)6/h1-3,6-15,27,31H,4-5,16-21H2;(H,3,4)(H,5,6). The van der Waals surface area contributed by atoms with Gasteiger partial charge in [-0.3, -0.25) is 0 Å². The van der Waals surface area contributed by atoms with Crippen molar-refractivity contribution in [2.75, 3.05) is 19.7 Å². The number of carboxylic acids is 2. The minimum absolute atomic E-state index is 0.0354. The molecule has 1 aliphatic rings. The quantitative estimate of drug-likeness (QED) is 0.239. The summed E-state index contributed by atoms with van der Waals surface area (Å²) in [5, 5.41) is 18.3. The lowest BCUT2D eigenvalue weighted by atomic mass is 9.61. The molecule has 0 aromatic heterocycles. The Kier molecular flexibility index (Phi) is 10.8. The number of unbranched alkanes of at least 4 members (excludes halogenated alkanes) is 1. The second-order valence-corrected chi connectivity index (χ2v) is 9.38. The summed E-state index contributed by atoms with van der Waals surface area (Å²) in [5.74, 6) is -3.11. The number of nitrogens with one attached hydrogen (secondary N) is 1. The molecule has 1 heterocycles. The highest BCUT2D eigenvalue weighted by Crippen LogP contribution is 2.50. The van der Waals surface area contributed by atoms with Crippen molar-refractivity contribution in [3.8, 4) is 5.75 Å². The van der Waals surface area contributed by atoms with E-state index in [9.17, 15) is 8.78 Å². The van der Waals surface area contributed by atoms with Gasteiger partial charge in [-0.2, -0.15) is 0 Å². The maximum atomic E-state index is 13.7. The molecule has 4 rings (SSSR count). The Labute approximate surface area is 221 Å². The summed E-state index contributed by atoms with van der Waals surface area (Å²) in [6.45, 7) is 2.61. The van der Waals surface area contributed by atoms with Crippen molar-refractivity contribution in [1.29, 1.82) is 0 Å². The van der Waals surface area contributed by atoms with Crippen LogP contribution >= 0.6 is 0 Å². The number of piperidine rings is 1. The van der Waals surface area contributed by atoms with Crippen LogP contribution < -0.4 is 10.1 Å². The molecule has 0 unspecified atom stereocenters. The van der Waals surface area contributed by atoms with Crippen molar-refractivity contribution in [3.63, 3.8) is 0 Å². The Morgan fingerprint density at radius 2 is 1.29 bits per heavy atom. The fourth-order valence-electron chi connectivity index (χ4n) is 5.10. The topological polar surface area (TPSA) is 95.9 Å². The van der Waals surface area contributed by atoms with Gasteiger partial charge in [0, 0.05) is 5.92 Å². The summed E-state index contributed by atoms with van der Waals surface area (Å²) in [4.78, 5) is 18.2. The van der Waals surface area contributed by atoms with Crippen molar-refractivity contribution in [1.82, 2.24) is 5.32 Å². The minimum atomic E-state index is -1.82. The lowest BCUT2D eigenvalue weighted by Gasteiger charge is -2.45. The third-order valence-corrected chi connectivity index (χ3v) is 6.88. The van der Waals surface area contributed by atoms with E-state index in [0.717, 1.165) is 62.1 Å². The van der Waals surface area contributed by atoms with Gasteiger partial charge in [-0.05, 0) is 98.1 Å². The Morgan fingerprint density at radius 3 is 1.76 bits per heavy atom. The molecule has 202 valence electrons. The van der Waals surface area contributed by atoms with E-state index in [1.165, 1.54) is 24.3 Å². The molecule has 0 radical (unpaired) electrons. The summed E-state index contributed by atoms with van der Waals surface area (Å²) in [6.07, 6.45) is 5.14. The molecule has 38 heavy (non-hydrogen) atoms. The molecule has 1 aliphatic heterocycles. The predicted molar refractivity (Wildman–Crippen MR) is 140 cm³/mol. The van der Waals surface area contributed by atoms with E-state index in [4.69, 9.17) is 24.5 Å². The number of carbonyl (C=O) groups is 2. The molecule has 3 N–H and O–H groups in total. The molecule has 0 atom stereocenters. The van der Waals surface area contributed by atoms with E-state index >= 15 is 0 Å². The predicted octanol–water partition coefficient (Wildman–Crippen LogP) is 5.87. The minimum Gasteiger partial charge on any atom is -0.494 e. The average Bonchev–Trinajstić information content (AvgIpc) is 2.92. The van der Waals surface area contributed by atoms with Crippen LogP contribution in [0.4, 0.5) is 8.78 Å². The fourth-order valence-corrected chi connectivity index (χ4v) is 5.10. The lowest BCUT2D eigenvalue weighted by molar-refractivity contribution is -0.159. The second-order valence-electron chi connectivity index (χ2n) is 9.38. The first kappa shape index (κ1) is 28.8. The molecule has 0 aliphatic carbocycles. The summed E-state index contributed by atoms with van der Waals surface area (Å²) in [6, 6.07) is 23.6. The van der Waals surface area contributed by atoms with Crippen molar-refractivity contribution >= 4 is 11.9 Å². The van der Waals surface area contributed by atoms with Crippen molar-refractivity contribution in [2.45, 2.75) is 38.0 Å². The molecule has 0 saturated carbocycles. The van der Waals surface area contributed by atoms with Gasteiger partial charge in [0.1, 0.15) is 17.4 Å². The van der Waals surface area contributed by atoms with E-state index in [1.54, 1.807) is 0 Å². The molecule has 0 bridgehead atoms. The second kappa shape index (κ2) is 14.2. The van der Waals surface area contributed by atoms with Crippen LogP contribution in [0.2, 0.25) is 0 Å². The molecule has 0 spiro atoms. The van der Waals surface area contributed by atoms with Crippen LogP contribution in [-0.4, -0.2) is 41.8 Å². The smallest absolute Gasteiger partial charge is 0.414 e. The van der Waals surface area contributed by atoms with Crippen LogP contribution in [-0.2, 0) is 9.59 Å². The largest absolute Gasteiger partial charge is 0.494 e. The number of hydrogen-bond acceptors (Lipinski definition) is 4. The van der Waals surface area contributed by atoms with Gasteiger partial charge >= 0.3 is 11.9 Å². The first-order valence-electron chi connectivity index (χ1n) is 12.7. The van der Waals surface area contributed by atoms with Gasteiger partial charge in [0.05, 0.1) is 6.61 Å². The van der Waals surface area contributed by atoms with E-state index in [0.29, 0.717) is 6.61 Å². The Morgan fingerprint density at radius 1 is 0.789 bits per heavy atom. The van der Waals surface area contributed by atoms with Gasteiger partial charge < -0.3 is 20.3 Å².